The van der Waals surface area contributed by atoms with Crippen molar-refractivity contribution in [3.8, 4) is 11.1 Å². The minimum absolute atomic E-state index is 0.110. The van der Waals surface area contributed by atoms with E-state index >= 15 is 0 Å². The van der Waals surface area contributed by atoms with Crippen molar-refractivity contribution in [3.05, 3.63) is 77.4 Å². The van der Waals surface area contributed by atoms with Gasteiger partial charge in [0.15, 0.2) is 9.84 Å². The van der Waals surface area contributed by atoms with Gasteiger partial charge in [-0.15, -0.1) is 0 Å². The van der Waals surface area contributed by atoms with Crippen molar-refractivity contribution < 1.29 is 18.0 Å². The monoisotopic (exact) mass is 521 g/mol. The summed E-state index contributed by atoms with van der Waals surface area (Å²) in [7, 11) is -3.31. The van der Waals surface area contributed by atoms with Gasteiger partial charge in [0.05, 0.1) is 22.3 Å². The van der Waals surface area contributed by atoms with Crippen LogP contribution in [0.1, 0.15) is 24.3 Å². The molecule has 7 nitrogen and oxygen atoms in total. The van der Waals surface area contributed by atoms with Crippen LogP contribution in [0.25, 0.3) is 22.0 Å². The molecule has 1 atom stereocenters. The molecule has 3 aromatic carbocycles. The predicted molar refractivity (Wildman–Crippen MR) is 143 cm³/mol. The number of hydrogen-bond acceptors (Lipinski definition) is 4. The van der Waals surface area contributed by atoms with E-state index in [1.165, 1.54) is 13.2 Å². The molecule has 1 aromatic heterocycles. The van der Waals surface area contributed by atoms with E-state index in [-0.39, 0.29) is 22.8 Å². The first kappa shape index (κ1) is 24.1. The van der Waals surface area contributed by atoms with E-state index in [4.69, 9.17) is 11.6 Å². The summed E-state index contributed by atoms with van der Waals surface area (Å²) in [4.78, 5) is 33.0. The van der Waals surface area contributed by atoms with Gasteiger partial charge in [0.2, 0.25) is 5.91 Å². The number of carbonyl (C=O) groups is 2. The Labute approximate surface area is 214 Å². The number of amides is 2. The second-order valence-electron chi connectivity index (χ2n) is 9.07. The number of rotatable bonds is 3. The fourth-order valence-electron chi connectivity index (χ4n) is 4.74. The highest BCUT2D eigenvalue weighted by Gasteiger charge is 2.34. The van der Waals surface area contributed by atoms with Gasteiger partial charge in [0, 0.05) is 35.6 Å². The van der Waals surface area contributed by atoms with Crippen molar-refractivity contribution >= 4 is 55.5 Å². The molecule has 0 unspecified atom stereocenters. The Morgan fingerprint density at radius 1 is 0.944 bits per heavy atom. The van der Waals surface area contributed by atoms with Crippen LogP contribution in [-0.2, 0) is 14.6 Å². The quantitative estimate of drug-likeness (QED) is 0.396. The van der Waals surface area contributed by atoms with Crippen LogP contribution in [0.15, 0.2) is 71.6 Å². The zero-order valence-electron chi connectivity index (χ0n) is 19.9. The number of nitrogens with one attached hydrogen (secondary N) is 1. The summed E-state index contributed by atoms with van der Waals surface area (Å²) < 4.78 is 23.7. The molecule has 0 spiro atoms. The number of nitrogens with zero attached hydrogens (tertiary/aromatic N) is 2. The minimum Gasteiger partial charge on any atom is -0.351 e. The first-order chi connectivity index (χ1) is 17.0. The smallest absolute Gasteiger partial charge is 0.274 e. The maximum Gasteiger partial charge on any atom is 0.274 e. The van der Waals surface area contributed by atoms with Crippen LogP contribution >= 0.6 is 11.6 Å². The Morgan fingerprint density at radius 2 is 1.64 bits per heavy atom. The summed E-state index contributed by atoms with van der Waals surface area (Å²) in [5.74, 6) is -0.329. The van der Waals surface area contributed by atoms with E-state index in [0.29, 0.717) is 28.6 Å². The van der Waals surface area contributed by atoms with Gasteiger partial charge >= 0.3 is 0 Å². The standard InChI is InChI=1S/C27H24ClN3O4S/c1-16-15-30(27(33)24-13-20-12-21(28)7-10-23(20)29-24)26-14-19(6-11-25(26)31(16)17(2)32)18-4-8-22(9-5-18)36(3,34)35/h4-14,16,29H,15H2,1-3H3/t16-/m0/s1. The van der Waals surface area contributed by atoms with E-state index < -0.39 is 9.84 Å². The molecule has 4 aromatic rings. The van der Waals surface area contributed by atoms with Crippen molar-refractivity contribution in [1.29, 1.82) is 0 Å². The third-order valence-corrected chi connectivity index (χ3v) is 7.79. The number of anilines is 2. The number of aromatic nitrogens is 1. The molecular weight excluding hydrogens is 498 g/mol. The molecule has 1 N–H and O–H groups in total. The molecule has 36 heavy (non-hydrogen) atoms. The van der Waals surface area contributed by atoms with E-state index in [9.17, 15) is 18.0 Å². The highest BCUT2D eigenvalue weighted by Crippen LogP contribution is 2.40. The molecule has 0 saturated carbocycles. The number of carbonyl (C=O) groups excluding carboxylic acids is 2. The van der Waals surface area contributed by atoms with Crippen molar-refractivity contribution in [1.82, 2.24) is 4.98 Å². The predicted octanol–water partition coefficient (Wildman–Crippen LogP) is 5.29. The van der Waals surface area contributed by atoms with Gasteiger partial charge in [-0.05, 0) is 66.6 Å². The van der Waals surface area contributed by atoms with Gasteiger partial charge < -0.3 is 14.8 Å². The maximum atomic E-state index is 13.7. The summed E-state index contributed by atoms with van der Waals surface area (Å²) in [5, 5.41) is 1.42. The second-order valence-corrected chi connectivity index (χ2v) is 11.5. The molecule has 0 fully saturated rings. The molecule has 184 valence electrons. The molecule has 0 radical (unpaired) electrons. The van der Waals surface area contributed by atoms with E-state index in [1.54, 1.807) is 52.3 Å². The van der Waals surface area contributed by atoms with Gasteiger partial charge in [-0.3, -0.25) is 9.59 Å². The van der Waals surface area contributed by atoms with Crippen LogP contribution in [0, 0.1) is 0 Å². The van der Waals surface area contributed by atoms with Gasteiger partial charge in [-0.2, -0.15) is 0 Å². The Hall–Kier alpha value is -3.62. The third-order valence-electron chi connectivity index (χ3n) is 6.43. The lowest BCUT2D eigenvalue weighted by Crippen LogP contribution is -2.51. The number of hydrogen-bond donors (Lipinski definition) is 1. The highest BCUT2D eigenvalue weighted by atomic mass is 35.5. The van der Waals surface area contributed by atoms with Gasteiger partial charge in [0.25, 0.3) is 5.91 Å². The van der Waals surface area contributed by atoms with Crippen LogP contribution < -0.4 is 9.80 Å². The molecular formula is C27H24ClN3O4S. The first-order valence-corrected chi connectivity index (χ1v) is 13.6. The fourth-order valence-corrected chi connectivity index (χ4v) is 5.55. The summed E-state index contributed by atoms with van der Waals surface area (Å²) in [6.45, 7) is 3.74. The SMILES string of the molecule is CC(=O)N1c2ccc(-c3ccc(S(C)(=O)=O)cc3)cc2N(C(=O)c2cc3cc(Cl)ccc3[nH]2)C[C@@H]1C. The van der Waals surface area contributed by atoms with Gasteiger partial charge in [-0.1, -0.05) is 29.8 Å². The first-order valence-electron chi connectivity index (χ1n) is 11.4. The zero-order chi connectivity index (χ0) is 25.8. The minimum atomic E-state index is -3.31. The molecule has 0 saturated heterocycles. The average molecular weight is 522 g/mol. The lowest BCUT2D eigenvalue weighted by molar-refractivity contribution is -0.117. The number of halogens is 1. The summed E-state index contributed by atoms with van der Waals surface area (Å²) in [5.41, 5.74) is 4.07. The van der Waals surface area contributed by atoms with Crippen molar-refractivity contribution in [3.63, 3.8) is 0 Å². The lowest BCUT2D eigenvalue weighted by atomic mass is 10.0. The van der Waals surface area contributed by atoms with Crippen LogP contribution in [0.2, 0.25) is 5.02 Å². The van der Waals surface area contributed by atoms with Gasteiger partial charge in [-0.25, -0.2) is 8.42 Å². The highest BCUT2D eigenvalue weighted by molar-refractivity contribution is 7.90. The van der Waals surface area contributed by atoms with Crippen molar-refractivity contribution in [2.24, 2.45) is 0 Å². The molecule has 2 heterocycles. The molecule has 5 rings (SSSR count). The van der Waals surface area contributed by atoms with Gasteiger partial charge in [0.1, 0.15) is 5.69 Å². The summed E-state index contributed by atoms with van der Waals surface area (Å²) >= 11 is 6.12. The Kier molecular flexibility index (Phi) is 5.89. The summed E-state index contributed by atoms with van der Waals surface area (Å²) in [6, 6.07) is 19.1. The summed E-state index contributed by atoms with van der Waals surface area (Å²) in [6.07, 6.45) is 1.17. The number of aromatic amines is 1. The number of benzene rings is 3. The molecule has 9 heteroatoms. The molecule has 1 aliphatic heterocycles. The van der Waals surface area contributed by atoms with Crippen LogP contribution in [0.4, 0.5) is 11.4 Å². The van der Waals surface area contributed by atoms with Crippen LogP contribution in [0.5, 0.6) is 0 Å². The number of sulfone groups is 1. The topological polar surface area (TPSA) is 90.6 Å². The number of fused-ring (bicyclic) bond motifs is 2. The van der Waals surface area contributed by atoms with E-state index in [1.807, 2.05) is 31.2 Å². The van der Waals surface area contributed by atoms with Crippen LogP contribution in [-0.4, -0.2) is 44.1 Å². The van der Waals surface area contributed by atoms with Crippen molar-refractivity contribution in [2.45, 2.75) is 24.8 Å². The van der Waals surface area contributed by atoms with Crippen LogP contribution in [0.3, 0.4) is 0 Å². The number of H-pyrrole nitrogens is 1. The molecule has 0 aliphatic carbocycles. The average Bonchev–Trinajstić information content (AvgIpc) is 3.25. The molecule has 0 bridgehead atoms. The van der Waals surface area contributed by atoms with E-state index in [0.717, 1.165) is 22.0 Å². The molecule has 1 aliphatic rings. The Morgan fingerprint density at radius 3 is 2.31 bits per heavy atom. The third kappa shape index (κ3) is 4.27. The Bertz CT molecular complexity index is 1630. The molecule has 2 amide bonds. The largest absolute Gasteiger partial charge is 0.351 e. The zero-order valence-corrected chi connectivity index (χ0v) is 21.5. The second kappa shape index (κ2) is 8.80. The lowest BCUT2D eigenvalue weighted by Gasteiger charge is -2.40. The van der Waals surface area contributed by atoms with E-state index in [2.05, 4.69) is 4.98 Å². The fraction of sp³-hybridized carbons (Fsp3) is 0.185. The Balaban J connectivity index is 1.60. The maximum absolute atomic E-state index is 13.7. The van der Waals surface area contributed by atoms with Crippen molar-refractivity contribution in [2.75, 3.05) is 22.6 Å². The normalized spacial score (nSPS) is 15.7.